The van der Waals surface area contributed by atoms with E-state index in [1.807, 2.05) is 0 Å². The minimum atomic E-state index is -4.37. The molecule has 0 bridgehead atoms. The van der Waals surface area contributed by atoms with Gasteiger partial charge in [0.05, 0.1) is 3.58 Å². The molecule has 0 heterocycles. The van der Waals surface area contributed by atoms with Gasteiger partial charge in [0.15, 0.2) is 5.78 Å². The van der Waals surface area contributed by atoms with Crippen LogP contribution < -0.4 is 0 Å². The van der Waals surface area contributed by atoms with Crippen LogP contribution in [0.5, 0.6) is 0 Å². The first-order valence-electron chi connectivity index (χ1n) is 3.08. The van der Waals surface area contributed by atoms with Crippen molar-refractivity contribution in [2.45, 2.75) is 12.6 Å². The fourth-order valence-corrected chi connectivity index (χ4v) is 1.15. The molecule has 12 heavy (non-hydrogen) atoms. The van der Waals surface area contributed by atoms with Gasteiger partial charge in [0.1, 0.15) is 0 Å². The molecule has 0 radical (unpaired) electrons. The lowest BCUT2D eigenvalue weighted by atomic mass is 10.0. The average Bonchev–Trinajstić information content (AvgIpc) is 1.92. The first-order valence-corrected chi connectivity index (χ1v) is 4.16. The molecule has 0 aliphatic heterocycles. The van der Waals surface area contributed by atoms with Crippen molar-refractivity contribution in [1.82, 2.24) is 0 Å². The van der Waals surface area contributed by atoms with E-state index in [1.165, 1.54) is 6.08 Å². The van der Waals surface area contributed by atoms with Gasteiger partial charge in [-0.15, -0.1) is 0 Å². The Kier molecular flexibility index (Phi) is 2.60. The third-order valence-corrected chi connectivity index (χ3v) is 2.37. The van der Waals surface area contributed by atoms with Crippen LogP contribution in [0.15, 0.2) is 21.3 Å². The van der Waals surface area contributed by atoms with E-state index in [0.29, 0.717) is 3.58 Å². The van der Waals surface area contributed by atoms with Gasteiger partial charge in [0.2, 0.25) is 0 Å². The second kappa shape index (κ2) is 3.20. The summed E-state index contributed by atoms with van der Waals surface area (Å²) in [7, 11) is 0. The number of halogens is 4. The Balaban J connectivity index is 2.92. The lowest BCUT2D eigenvalue weighted by Crippen LogP contribution is -2.17. The van der Waals surface area contributed by atoms with Gasteiger partial charge in [-0.3, -0.25) is 4.79 Å². The molecule has 1 nitrogen and oxygen atoms in total. The van der Waals surface area contributed by atoms with Crippen LogP contribution in [0.1, 0.15) is 6.42 Å². The Bertz CT molecular complexity index is 275. The number of carbonyl (C=O) groups is 1. The molecule has 0 amide bonds. The standard InChI is InChI=1S/C7H4F3IO/c8-7(9,10)4-1-2-5(11)6(12)3-4/h1-2H,3H2. The predicted molar refractivity (Wildman–Crippen MR) is 45.9 cm³/mol. The maximum absolute atomic E-state index is 12.0. The maximum Gasteiger partial charge on any atom is 0.413 e. The van der Waals surface area contributed by atoms with Crippen LogP contribution in [0.2, 0.25) is 0 Å². The van der Waals surface area contributed by atoms with Crippen LogP contribution in [-0.4, -0.2) is 12.0 Å². The molecule has 1 aliphatic rings. The topological polar surface area (TPSA) is 17.1 Å². The van der Waals surface area contributed by atoms with E-state index in [2.05, 4.69) is 0 Å². The summed E-state index contributed by atoms with van der Waals surface area (Å²) in [5.41, 5.74) is -0.770. The van der Waals surface area contributed by atoms with Crippen LogP contribution in [0.4, 0.5) is 13.2 Å². The van der Waals surface area contributed by atoms with Crippen LogP contribution in [0.25, 0.3) is 0 Å². The zero-order chi connectivity index (χ0) is 9.35. The summed E-state index contributed by atoms with van der Waals surface area (Å²) in [5.74, 6) is -0.467. The minimum absolute atomic E-state index is 0.348. The smallest absolute Gasteiger partial charge is 0.293 e. The Labute approximate surface area is 80.5 Å². The number of allylic oxidation sites excluding steroid dienone is 4. The van der Waals surface area contributed by atoms with Gasteiger partial charge in [-0.05, 0) is 28.7 Å². The van der Waals surface area contributed by atoms with E-state index < -0.39 is 24.0 Å². The number of hydrogen-bond donors (Lipinski definition) is 0. The number of alkyl halides is 3. The minimum Gasteiger partial charge on any atom is -0.293 e. The number of hydrogen-bond acceptors (Lipinski definition) is 1. The predicted octanol–water partition coefficient (Wildman–Crippen LogP) is 2.77. The molecule has 66 valence electrons. The molecule has 1 rings (SSSR count). The SMILES string of the molecule is O=C1CC(C(F)(F)F)=CC=C1I. The molecule has 0 saturated carbocycles. The number of carbonyl (C=O) groups excluding carboxylic acids is 1. The van der Waals surface area contributed by atoms with Gasteiger partial charge in [-0.2, -0.15) is 13.2 Å². The zero-order valence-corrected chi connectivity index (χ0v) is 7.94. The Morgan fingerprint density at radius 1 is 1.33 bits per heavy atom. The monoisotopic (exact) mass is 288 g/mol. The first kappa shape index (κ1) is 9.76. The molecule has 5 heteroatoms. The summed E-state index contributed by atoms with van der Waals surface area (Å²) >= 11 is 1.72. The molecule has 0 atom stereocenters. The van der Waals surface area contributed by atoms with E-state index in [9.17, 15) is 18.0 Å². The van der Waals surface area contributed by atoms with E-state index >= 15 is 0 Å². The molecule has 0 aromatic rings. The van der Waals surface area contributed by atoms with Crippen molar-refractivity contribution in [1.29, 1.82) is 0 Å². The van der Waals surface area contributed by atoms with E-state index in [0.717, 1.165) is 6.08 Å². The third kappa shape index (κ3) is 2.09. The van der Waals surface area contributed by atoms with Crippen LogP contribution in [0, 0.1) is 0 Å². The Morgan fingerprint density at radius 3 is 2.33 bits per heavy atom. The molecule has 0 spiro atoms. The summed E-state index contributed by atoms with van der Waals surface area (Å²) < 4.78 is 36.3. The van der Waals surface area contributed by atoms with E-state index in [1.54, 1.807) is 22.6 Å². The highest BCUT2D eigenvalue weighted by Gasteiger charge is 2.35. The van der Waals surface area contributed by atoms with Crippen LogP contribution in [0.3, 0.4) is 0 Å². The van der Waals surface area contributed by atoms with Gasteiger partial charge < -0.3 is 0 Å². The Morgan fingerprint density at radius 2 is 1.92 bits per heavy atom. The highest BCUT2D eigenvalue weighted by atomic mass is 127. The molecule has 0 aromatic carbocycles. The molecule has 0 saturated heterocycles. The van der Waals surface area contributed by atoms with Gasteiger partial charge in [-0.25, -0.2) is 0 Å². The quantitative estimate of drug-likeness (QED) is 0.626. The molecule has 0 fully saturated rings. The van der Waals surface area contributed by atoms with Crippen molar-refractivity contribution in [3.63, 3.8) is 0 Å². The van der Waals surface area contributed by atoms with Crippen molar-refractivity contribution in [2.75, 3.05) is 0 Å². The summed E-state index contributed by atoms with van der Waals surface area (Å²) in [6.45, 7) is 0. The summed E-state index contributed by atoms with van der Waals surface area (Å²) in [6, 6.07) is 0. The average molecular weight is 288 g/mol. The van der Waals surface area contributed by atoms with Crippen molar-refractivity contribution < 1.29 is 18.0 Å². The van der Waals surface area contributed by atoms with Crippen LogP contribution >= 0.6 is 22.6 Å². The highest BCUT2D eigenvalue weighted by molar-refractivity contribution is 14.1. The summed E-state index contributed by atoms with van der Waals surface area (Å²) in [6.07, 6.45) is -2.76. The largest absolute Gasteiger partial charge is 0.413 e. The molecule has 1 aliphatic carbocycles. The number of Topliss-reactive ketones (excluding diaryl/α,β-unsaturated/α-hetero) is 1. The van der Waals surface area contributed by atoms with Gasteiger partial charge in [-0.1, -0.05) is 6.08 Å². The number of ketones is 1. The molecular weight excluding hydrogens is 284 g/mol. The van der Waals surface area contributed by atoms with Gasteiger partial charge in [0.25, 0.3) is 0 Å². The van der Waals surface area contributed by atoms with E-state index in [4.69, 9.17) is 0 Å². The van der Waals surface area contributed by atoms with Crippen molar-refractivity contribution in [2.24, 2.45) is 0 Å². The number of rotatable bonds is 0. The third-order valence-electron chi connectivity index (χ3n) is 1.41. The van der Waals surface area contributed by atoms with Gasteiger partial charge in [0, 0.05) is 12.0 Å². The van der Waals surface area contributed by atoms with E-state index in [-0.39, 0.29) is 0 Å². The van der Waals surface area contributed by atoms with Crippen molar-refractivity contribution in [3.05, 3.63) is 21.3 Å². The second-order valence-corrected chi connectivity index (χ2v) is 3.47. The van der Waals surface area contributed by atoms with Crippen molar-refractivity contribution >= 4 is 28.4 Å². The molecule has 0 unspecified atom stereocenters. The first-order chi connectivity index (χ1) is 5.41. The van der Waals surface area contributed by atoms with Crippen LogP contribution in [-0.2, 0) is 4.79 Å². The lowest BCUT2D eigenvalue weighted by molar-refractivity contribution is -0.119. The molecule has 0 N–H and O–H groups in total. The summed E-state index contributed by atoms with van der Waals surface area (Å²) in [5, 5.41) is 0. The van der Waals surface area contributed by atoms with Gasteiger partial charge >= 0.3 is 6.18 Å². The molecular formula is C7H4F3IO. The maximum atomic E-state index is 12.0. The molecule has 0 aromatic heterocycles. The highest BCUT2D eigenvalue weighted by Crippen LogP contribution is 2.32. The lowest BCUT2D eigenvalue weighted by Gasteiger charge is -2.12. The fourth-order valence-electron chi connectivity index (χ4n) is 0.778. The van der Waals surface area contributed by atoms with Crippen molar-refractivity contribution in [3.8, 4) is 0 Å². The fraction of sp³-hybridized carbons (Fsp3) is 0.286. The zero-order valence-electron chi connectivity index (χ0n) is 5.78. The normalized spacial score (nSPS) is 18.8. The summed E-state index contributed by atoms with van der Waals surface area (Å²) in [4.78, 5) is 10.8. The second-order valence-electron chi connectivity index (χ2n) is 2.30. The Hall–Kier alpha value is -0.330.